The quantitative estimate of drug-likeness (QED) is 0.670. The van der Waals surface area contributed by atoms with Crippen LogP contribution < -0.4 is 5.32 Å². The number of imide groups is 2. The normalized spacial score (nSPS) is 22.7. The van der Waals surface area contributed by atoms with Crippen molar-refractivity contribution in [1.29, 1.82) is 0 Å². The van der Waals surface area contributed by atoms with Crippen molar-refractivity contribution in [1.82, 2.24) is 10.2 Å². The Balaban J connectivity index is 1.92. The molecular weight excluding hydrogens is 276 g/mol. The van der Waals surface area contributed by atoms with Gasteiger partial charge in [-0.2, -0.15) is 0 Å². The molecule has 1 aromatic rings. The fourth-order valence-electron chi connectivity index (χ4n) is 2.68. The van der Waals surface area contributed by atoms with Crippen LogP contribution in [0, 0.1) is 0 Å². The average Bonchev–Trinajstić information content (AvgIpc) is 3.07. The maximum atomic E-state index is 12.4. The molecule has 1 aliphatic carbocycles. The molecular formula is C14H14N2O3S. The number of urea groups is 1. The molecule has 1 saturated carbocycles. The van der Waals surface area contributed by atoms with E-state index in [0.29, 0.717) is 0 Å². The lowest BCUT2D eigenvalue weighted by atomic mass is 10.1. The van der Waals surface area contributed by atoms with Crippen molar-refractivity contribution < 1.29 is 14.4 Å². The number of barbiturate groups is 1. The molecule has 6 heteroatoms. The summed E-state index contributed by atoms with van der Waals surface area (Å²) >= 11 is 1.44. The molecule has 0 atom stereocenters. The third kappa shape index (κ3) is 2.27. The first kappa shape index (κ1) is 13.1. The molecule has 1 aliphatic heterocycles. The molecule has 5 nitrogen and oxygen atoms in total. The minimum atomic E-state index is -0.609. The predicted molar refractivity (Wildman–Crippen MR) is 74.9 cm³/mol. The summed E-state index contributed by atoms with van der Waals surface area (Å²) in [6.45, 7) is 0. The Labute approximate surface area is 120 Å². The van der Waals surface area contributed by atoms with Gasteiger partial charge >= 0.3 is 6.03 Å². The van der Waals surface area contributed by atoms with Crippen molar-refractivity contribution in [3.63, 3.8) is 0 Å². The molecule has 4 amide bonds. The van der Waals surface area contributed by atoms with Gasteiger partial charge in [-0.15, -0.1) is 11.3 Å². The third-order valence-corrected chi connectivity index (χ3v) is 4.47. The summed E-state index contributed by atoms with van der Waals surface area (Å²) in [4.78, 5) is 38.2. The molecule has 2 heterocycles. The highest BCUT2D eigenvalue weighted by atomic mass is 32.1. The van der Waals surface area contributed by atoms with Crippen LogP contribution in [0.3, 0.4) is 0 Å². The van der Waals surface area contributed by atoms with E-state index in [1.54, 1.807) is 6.08 Å². The maximum Gasteiger partial charge on any atom is 0.331 e. The Bertz CT molecular complexity index is 586. The van der Waals surface area contributed by atoms with E-state index in [0.717, 1.165) is 30.6 Å². The van der Waals surface area contributed by atoms with Crippen molar-refractivity contribution in [3.05, 3.63) is 28.0 Å². The summed E-state index contributed by atoms with van der Waals surface area (Å²) < 4.78 is 0. The highest BCUT2D eigenvalue weighted by molar-refractivity contribution is 7.10. The number of rotatable bonds is 2. The van der Waals surface area contributed by atoms with Gasteiger partial charge in [-0.25, -0.2) is 4.79 Å². The zero-order valence-electron chi connectivity index (χ0n) is 10.8. The van der Waals surface area contributed by atoms with E-state index in [4.69, 9.17) is 0 Å². The van der Waals surface area contributed by atoms with E-state index < -0.39 is 17.8 Å². The number of hydrogen-bond donors (Lipinski definition) is 1. The molecule has 0 bridgehead atoms. The van der Waals surface area contributed by atoms with Crippen LogP contribution in [0.4, 0.5) is 4.79 Å². The molecule has 20 heavy (non-hydrogen) atoms. The van der Waals surface area contributed by atoms with Crippen LogP contribution in [-0.2, 0) is 9.59 Å². The Morgan fingerprint density at radius 1 is 1.25 bits per heavy atom. The number of amides is 4. The number of nitrogens with one attached hydrogen (secondary N) is 1. The van der Waals surface area contributed by atoms with Gasteiger partial charge in [0.05, 0.1) is 0 Å². The second kappa shape index (κ2) is 5.20. The zero-order chi connectivity index (χ0) is 14.1. The standard InChI is InChI=1S/C14H14N2O3S/c17-12-11(8-10-6-3-7-20-10)13(18)16(14(19)15-12)9-4-1-2-5-9/h3,6-9H,1-2,4-5H2,(H,15,17,19)/b11-8-. The van der Waals surface area contributed by atoms with Crippen LogP contribution >= 0.6 is 11.3 Å². The predicted octanol–water partition coefficient (Wildman–Crippen LogP) is 2.15. The molecule has 2 fully saturated rings. The molecule has 0 radical (unpaired) electrons. The number of carbonyl (C=O) groups is 3. The lowest BCUT2D eigenvalue weighted by Gasteiger charge is -2.31. The topological polar surface area (TPSA) is 66.5 Å². The van der Waals surface area contributed by atoms with Crippen LogP contribution in [0.2, 0.25) is 0 Å². The lowest BCUT2D eigenvalue weighted by molar-refractivity contribution is -0.131. The van der Waals surface area contributed by atoms with Crippen LogP contribution in [0.25, 0.3) is 6.08 Å². The van der Waals surface area contributed by atoms with Crippen molar-refractivity contribution >= 4 is 35.3 Å². The Morgan fingerprint density at radius 3 is 2.65 bits per heavy atom. The van der Waals surface area contributed by atoms with Gasteiger partial charge < -0.3 is 0 Å². The second-order valence-electron chi connectivity index (χ2n) is 4.95. The van der Waals surface area contributed by atoms with Gasteiger partial charge in [0.25, 0.3) is 11.8 Å². The van der Waals surface area contributed by atoms with Gasteiger partial charge in [0, 0.05) is 10.9 Å². The van der Waals surface area contributed by atoms with E-state index >= 15 is 0 Å². The maximum absolute atomic E-state index is 12.4. The Morgan fingerprint density at radius 2 is 2.00 bits per heavy atom. The molecule has 1 aromatic heterocycles. The number of nitrogens with zero attached hydrogens (tertiary/aromatic N) is 1. The number of hydrogen-bond acceptors (Lipinski definition) is 4. The molecule has 1 saturated heterocycles. The first-order chi connectivity index (χ1) is 9.66. The Kier molecular flexibility index (Phi) is 3.40. The highest BCUT2D eigenvalue weighted by Crippen LogP contribution is 2.27. The number of carbonyl (C=O) groups excluding carboxylic acids is 3. The summed E-state index contributed by atoms with van der Waals surface area (Å²) in [5, 5.41) is 4.14. The van der Waals surface area contributed by atoms with Crippen LogP contribution in [0.5, 0.6) is 0 Å². The van der Waals surface area contributed by atoms with Crippen LogP contribution in [0.1, 0.15) is 30.6 Å². The fraction of sp³-hybridized carbons (Fsp3) is 0.357. The summed E-state index contributed by atoms with van der Waals surface area (Å²) in [5.41, 5.74) is 0.0407. The fourth-order valence-corrected chi connectivity index (χ4v) is 3.34. The van der Waals surface area contributed by atoms with E-state index in [-0.39, 0.29) is 11.6 Å². The van der Waals surface area contributed by atoms with Crippen molar-refractivity contribution in [2.24, 2.45) is 0 Å². The molecule has 0 aromatic carbocycles. The molecule has 2 aliphatic rings. The molecule has 0 spiro atoms. The average molecular weight is 290 g/mol. The van der Waals surface area contributed by atoms with E-state index in [9.17, 15) is 14.4 Å². The minimum absolute atomic E-state index is 0.0407. The van der Waals surface area contributed by atoms with Gasteiger partial charge in [0.2, 0.25) is 0 Å². The van der Waals surface area contributed by atoms with E-state index in [2.05, 4.69) is 5.32 Å². The highest BCUT2D eigenvalue weighted by Gasteiger charge is 2.40. The van der Waals surface area contributed by atoms with Crippen molar-refractivity contribution in [3.8, 4) is 0 Å². The van der Waals surface area contributed by atoms with E-state index in [1.165, 1.54) is 16.2 Å². The van der Waals surface area contributed by atoms with Crippen molar-refractivity contribution in [2.75, 3.05) is 0 Å². The molecule has 0 unspecified atom stereocenters. The summed E-state index contributed by atoms with van der Waals surface area (Å²) in [6.07, 6.45) is 5.22. The van der Waals surface area contributed by atoms with Crippen LogP contribution in [0.15, 0.2) is 23.1 Å². The summed E-state index contributed by atoms with van der Waals surface area (Å²) in [5.74, 6) is -1.08. The van der Waals surface area contributed by atoms with Gasteiger partial charge in [0.1, 0.15) is 5.57 Å². The first-order valence-corrected chi connectivity index (χ1v) is 7.49. The summed E-state index contributed by atoms with van der Waals surface area (Å²) in [7, 11) is 0. The van der Waals surface area contributed by atoms with Crippen molar-refractivity contribution in [2.45, 2.75) is 31.7 Å². The second-order valence-corrected chi connectivity index (χ2v) is 5.93. The molecule has 3 rings (SSSR count). The van der Waals surface area contributed by atoms with Gasteiger partial charge in [0.15, 0.2) is 0 Å². The lowest BCUT2D eigenvalue weighted by Crippen LogP contribution is -2.57. The molecule has 1 N–H and O–H groups in total. The SMILES string of the molecule is O=C1NC(=O)N(C2CCCC2)C(=O)/C1=C\c1cccs1. The van der Waals surface area contributed by atoms with Gasteiger partial charge in [-0.1, -0.05) is 18.9 Å². The Hall–Kier alpha value is -1.95. The first-order valence-electron chi connectivity index (χ1n) is 6.61. The van der Waals surface area contributed by atoms with E-state index in [1.807, 2.05) is 17.5 Å². The third-order valence-electron chi connectivity index (χ3n) is 3.65. The van der Waals surface area contributed by atoms with Gasteiger partial charge in [-0.05, 0) is 30.4 Å². The minimum Gasteiger partial charge on any atom is -0.273 e. The summed E-state index contributed by atoms with van der Waals surface area (Å²) in [6, 6.07) is 3.01. The molecule has 104 valence electrons. The van der Waals surface area contributed by atoms with Gasteiger partial charge in [-0.3, -0.25) is 19.8 Å². The number of thiophene rings is 1. The largest absolute Gasteiger partial charge is 0.331 e. The van der Waals surface area contributed by atoms with Crippen LogP contribution in [-0.4, -0.2) is 28.8 Å². The monoisotopic (exact) mass is 290 g/mol. The smallest absolute Gasteiger partial charge is 0.273 e. The zero-order valence-corrected chi connectivity index (χ0v) is 11.6.